The van der Waals surface area contributed by atoms with Gasteiger partial charge in [-0.2, -0.15) is 0 Å². The second kappa shape index (κ2) is 8.03. The van der Waals surface area contributed by atoms with E-state index in [9.17, 15) is 9.59 Å². The summed E-state index contributed by atoms with van der Waals surface area (Å²) in [4.78, 5) is 23.8. The Labute approximate surface area is 158 Å². The quantitative estimate of drug-likeness (QED) is 0.469. The number of benzene rings is 2. The summed E-state index contributed by atoms with van der Waals surface area (Å²) >= 11 is 10.9. The fraction of sp³-hybridized carbons (Fsp3) is 0.118. The Morgan fingerprint density at radius 3 is 2.62 bits per heavy atom. The molecule has 7 nitrogen and oxygen atoms in total. The van der Waals surface area contributed by atoms with E-state index in [4.69, 9.17) is 28.2 Å². The van der Waals surface area contributed by atoms with Gasteiger partial charge in [0.05, 0.1) is 5.52 Å². The standard InChI is InChI=1S/C17H15ClN4O3S/c18-11-5-7-12(8-6-11)19-16(26)21-20-15(23)9-10-22-13-3-1-2-4-14(13)25-17(22)24/h1-8H,9-10H2,(H,20,23)(H2,19,21,26). The molecule has 2 aromatic carbocycles. The number of hydrogen-bond donors (Lipinski definition) is 3. The van der Waals surface area contributed by atoms with Crippen LogP contribution in [-0.4, -0.2) is 15.6 Å². The molecule has 0 saturated heterocycles. The average molecular weight is 391 g/mol. The zero-order valence-corrected chi connectivity index (χ0v) is 15.1. The Morgan fingerprint density at radius 1 is 1.12 bits per heavy atom. The van der Waals surface area contributed by atoms with Crippen LogP contribution in [0, 0.1) is 0 Å². The van der Waals surface area contributed by atoms with Crippen molar-refractivity contribution in [2.45, 2.75) is 13.0 Å². The number of rotatable bonds is 4. The zero-order chi connectivity index (χ0) is 18.5. The molecule has 1 aromatic heterocycles. The van der Waals surface area contributed by atoms with E-state index in [1.165, 1.54) is 4.57 Å². The van der Waals surface area contributed by atoms with Gasteiger partial charge in [-0.25, -0.2) is 4.79 Å². The van der Waals surface area contributed by atoms with Crippen LogP contribution in [0.5, 0.6) is 0 Å². The number of amides is 1. The number of aryl methyl sites for hydroxylation is 1. The molecular weight excluding hydrogens is 376 g/mol. The van der Waals surface area contributed by atoms with Crippen LogP contribution < -0.4 is 21.9 Å². The van der Waals surface area contributed by atoms with Crippen molar-refractivity contribution in [1.29, 1.82) is 0 Å². The summed E-state index contributed by atoms with van der Waals surface area (Å²) in [6.07, 6.45) is 0.0833. The summed E-state index contributed by atoms with van der Waals surface area (Å²) < 4.78 is 6.54. The van der Waals surface area contributed by atoms with Gasteiger partial charge in [-0.15, -0.1) is 0 Å². The smallest absolute Gasteiger partial charge is 0.408 e. The molecule has 1 heterocycles. The lowest BCUT2D eigenvalue weighted by Crippen LogP contribution is -2.44. The summed E-state index contributed by atoms with van der Waals surface area (Å²) in [5.41, 5.74) is 6.96. The van der Waals surface area contributed by atoms with Crippen LogP contribution in [0.4, 0.5) is 5.69 Å². The minimum Gasteiger partial charge on any atom is -0.408 e. The Kier molecular flexibility index (Phi) is 5.55. The Morgan fingerprint density at radius 2 is 1.85 bits per heavy atom. The number of carbonyl (C=O) groups is 1. The molecule has 0 saturated carbocycles. The number of hydrazine groups is 1. The predicted molar refractivity (Wildman–Crippen MR) is 104 cm³/mol. The third kappa shape index (κ3) is 4.41. The lowest BCUT2D eigenvalue weighted by atomic mass is 10.3. The van der Waals surface area contributed by atoms with E-state index in [0.717, 1.165) is 5.69 Å². The van der Waals surface area contributed by atoms with Crippen molar-refractivity contribution in [3.63, 3.8) is 0 Å². The average Bonchev–Trinajstić information content (AvgIpc) is 2.95. The first-order valence-electron chi connectivity index (χ1n) is 7.73. The van der Waals surface area contributed by atoms with Gasteiger partial charge in [0.2, 0.25) is 5.91 Å². The van der Waals surface area contributed by atoms with Crippen LogP contribution in [0.2, 0.25) is 5.02 Å². The highest BCUT2D eigenvalue weighted by molar-refractivity contribution is 7.80. The van der Waals surface area contributed by atoms with Crippen molar-refractivity contribution in [2.24, 2.45) is 0 Å². The monoisotopic (exact) mass is 390 g/mol. The SMILES string of the molecule is O=C(CCn1c(=O)oc2ccccc21)NNC(=S)Nc1ccc(Cl)cc1. The van der Waals surface area contributed by atoms with Crippen LogP contribution in [0.25, 0.3) is 11.1 Å². The number of nitrogens with one attached hydrogen (secondary N) is 3. The van der Waals surface area contributed by atoms with Gasteiger partial charge in [0.25, 0.3) is 0 Å². The number of aromatic nitrogens is 1. The van der Waals surface area contributed by atoms with E-state index in [0.29, 0.717) is 16.1 Å². The molecule has 26 heavy (non-hydrogen) atoms. The zero-order valence-electron chi connectivity index (χ0n) is 13.5. The van der Waals surface area contributed by atoms with Crippen molar-refractivity contribution in [3.8, 4) is 0 Å². The molecule has 3 N–H and O–H groups in total. The molecule has 1 amide bonds. The van der Waals surface area contributed by atoms with E-state index >= 15 is 0 Å². The molecule has 0 unspecified atom stereocenters. The van der Waals surface area contributed by atoms with Gasteiger partial charge >= 0.3 is 5.76 Å². The van der Waals surface area contributed by atoms with Crippen molar-refractivity contribution in [3.05, 3.63) is 64.1 Å². The normalized spacial score (nSPS) is 10.5. The molecule has 134 valence electrons. The molecule has 0 radical (unpaired) electrons. The first-order valence-corrected chi connectivity index (χ1v) is 8.51. The maximum atomic E-state index is 12.0. The number of carbonyl (C=O) groups excluding carboxylic acids is 1. The number of hydrogen-bond acceptors (Lipinski definition) is 4. The second-order valence-electron chi connectivity index (χ2n) is 5.37. The Bertz CT molecular complexity index is 997. The lowest BCUT2D eigenvalue weighted by molar-refractivity contribution is -0.121. The number of nitrogens with zero attached hydrogens (tertiary/aromatic N) is 1. The van der Waals surface area contributed by atoms with Crippen LogP contribution >= 0.6 is 23.8 Å². The van der Waals surface area contributed by atoms with Gasteiger partial charge in [0, 0.05) is 23.7 Å². The molecule has 0 aliphatic heterocycles. The number of oxazole rings is 1. The maximum absolute atomic E-state index is 12.0. The van der Waals surface area contributed by atoms with Gasteiger partial charge < -0.3 is 9.73 Å². The summed E-state index contributed by atoms with van der Waals surface area (Å²) in [5, 5.41) is 3.75. The molecule has 9 heteroatoms. The first-order chi connectivity index (χ1) is 12.5. The van der Waals surface area contributed by atoms with E-state index in [2.05, 4.69) is 16.2 Å². The van der Waals surface area contributed by atoms with E-state index in [1.807, 2.05) is 0 Å². The van der Waals surface area contributed by atoms with Gasteiger partial charge in [0.15, 0.2) is 10.7 Å². The van der Waals surface area contributed by atoms with Crippen molar-refractivity contribution < 1.29 is 9.21 Å². The number of para-hydroxylation sites is 2. The van der Waals surface area contributed by atoms with Gasteiger partial charge in [-0.1, -0.05) is 23.7 Å². The third-order valence-electron chi connectivity index (χ3n) is 3.55. The summed E-state index contributed by atoms with van der Waals surface area (Å²) in [6.45, 7) is 0.195. The highest BCUT2D eigenvalue weighted by atomic mass is 35.5. The van der Waals surface area contributed by atoms with Gasteiger partial charge in [-0.3, -0.25) is 20.2 Å². The Balaban J connectivity index is 1.49. The second-order valence-corrected chi connectivity index (χ2v) is 6.22. The third-order valence-corrected chi connectivity index (χ3v) is 4.01. The van der Waals surface area contributed by atoms with Crippen LogP contribution in [0.3, 0.4) is 0 Å². The number of fused-ring (bicyclic) bond motifs is 1. The minimum absolute atomic E-state index is 0.0833. The molecule has 0 fully saturated rings. The molecule has 0 aliphatic rings. The number of halogens is 1. The molecule has 0 atom stereocenters. The number of anilines is 1. The molecule has 3 aromatic rings. The Hall–Kier alpha value is -2.84. The summed E-state index contributed by atoms with van der Waals surface area (Å²) in [7, 11) is 0. The van der Waals surface area contributed by atoms with Gasteiger partial charge in [-0.05, 0) is 48.6 Å². The lowest BCUT2D eigenvalue weighted by Gasteiger charge is -2.11. The highest BCUT2D eigenvalue weighted by Gasteiger charge is 2.10. The predicted octanol–water partition coefficient (Wildman–Crippen LogP) is 2.66. The van der Waals surface area contributed by atoms with Crippen LogP contribution in [-0.2, 0) is 11.3 Å². The maximum Gasteiger partial charge on any atom is 0.419 e. The fourth-order valence-corrected chi connectivity index (χ4v) is 2.62. The van der Waals surface area contributed by atoms with E-state index < -0.39 is 5.76 Å². The summed E-state index contributed by atoms with van der Waals surface area (Å²) in [6, 6.07) is 14.0. The van der Waals surface area contributed by atoms with E-state index in [1.54, 1.807) is 48.5 Å². The van der Waals surface area contributed by atoms with Gasteiger partial charge in [0.1, 0.15) is 0 Å². The van der Waals surface area contributed by atoms with Crippen LogP contribution in [0.1, 0.15) is 6.42 Å². The van der Waals surface area contributed by atoms with Crippen LogP contribution in [0.15, 0.2) is 57.7 Å². The molecule has 0 bridgehead atoms. The largest absolute Gasteiger partial charge is 0.419 e. The minimum atomic E-state index is -0.494. The molecule has 0 aliphatic carbocycles. The molecular formula is C17H15ClN4O3S. The summed E-state index contributed by atoms with van der Waals surface area (Å²) in [5.74, 6) is -0.811. The number of thiocarbonyl (C=S) groups is 1. The fourth-order valence-electron chi connectivity index (χ4n) is 2.32. The first kappa shape index (κ1) is 18.0. The topological polar surface area (TPSA) is 88.3 Å². The van der Waals surface area contributed by atoms with Crippen molar-refractivity contribution in [1.82, 2.24) is 15.4 Å². The van der Waals surface area contributed by atoms with Crippen molar-refractivity contribution >= 4 is 51.6 Å². The van der Waals surface area contributed by atoms with Crippen molar-refractivity contribution in [2.75, 3.05) is 5.32 Å². The highest BCUT2D eigenvalue weighted by Crippen LogP contribution is 2.13. The molecule has 3 rings (SSSR count). The van der Waals surface area contributed by atoms with E-state index in [-0.39, 0.29) is 24.0 Å². The molecule has 0 spiro atoms.